The van der Waals surface area contributed by atoms with Gasteiger partial charge >= 0.3 is 0 Å². The lowest BCUT2D eigenvalue weighted by molar-refractivity contribution is -0.138. The number of ether oxygens (including phenoxy) is 1. The van der Waals surface area contributed by atoms with Crippen molar-refractivity contribution in [3.63, 3.8) is 0 Å². The van der Waals surface area contributed by atoms with Crippen LogP contribution >= 0.6 is 11.6 Å². The van der Waals surface area contributed by atoms with Crippen LogP contribution in [0.15, 0.2) is 30.5 Å². The van der Waals surface area contributed by atoms with Crippen molar-refractivity contribution in [1.29, 1.82) is 0 Å². The highest BCUT2D eigenvalue weighted by Gasteiger charge is 2.38. The van der Waals surface area contributed by atoms with Gasteiger partial charge in [0.05, 0.1) is 16.7 Å². The van der Waals surface area contributed by atoms with Crippen LogP contribution in [0.25, 0.3) is 10.9 Å². The van der Waals surface area contributed by atoms with Crippen LogP contribution in [0.3, 0.4) is 0 Å². The maximum Gasteiger partial charge on any atom is 0.260 e. The van der Waals surface area contributed by atoms with Gasteiger partial charge in [-0.15, -0.1) is 0 Å². The predicted molar refractivity (Wildman–Crippen MR) is 93.3 cm³/mol. The molecule has 0 spiro atoms. The number of amides is 1. The lowest BCUT2D eigenvalue weighted by Crippen LogP contribution is -2.49. The molecule has 128 valence electrons. The van der Waals surface area contributed by atoms with Crippen LogP contribution in [0.1, 0.15) is 26.7 Å². The van der Waals surface area contributed by atoms with Gasteiger partial charge in [0.1, 0.15) is 11.3 Å². The second-order valence-electron chi connectivity index (χ2n) is 6.63. The number of carbonyl (C=O) groups excluding carboxylic acids is 1. The number of aromatic nitrogens is 1. The minimum absolute atomic E-state index is 0.0834. The second-order valence-corrected chi connectivity index (χ2v) is 7.04. The average Bonchev–Trinajstić information content (AvgIpc) is 3.04. The molecule has 6 heteroatoms. The van der Waals surface area contributed by atoms with Crippen LogP contribution in [-0.2, 0) is 4.79 Å². The summed E-state index contributed by atoms with van der Waals surface area (Å²) in [5, 5.41) is 11.6. The van der Waals surface area contributed by atoms with E-state index in [1.807, 2.05) is 6.07 Å². The third-order valence-corrected chi connectivity index (χ3v) is 4.75. The zero-order valence-corrected chi connectivity index (χ0v) is 14.6. The Morgan fingerprint density at radius 3 is 3.00 bits per heavy atom. The van der Waals surface area contributed by atoms with Crippen LogP contribution in [0.2, 0.25) is 5.02 Å². The van der Waals surface area contributed by atoms with E-state index in [0.29, 0.717) is 22.8 Å². The van der Waals surface area contributed by atoms with E-state index in [0.717, 1.165) is 18.2 Å². The molecule has 3 rings (SSSR count). The maximum atomic E-state index is 12.5. The zero-order chi connectivity index (χ0) is 17.3. The molecule has 1 atom stereocenters. The minimum Gasteiger partial charge on any atom is -0.481 e. The Labute approximate surface area is 146 Å². The Morgan fingerprint density at radius 1 is 1.46 bits per heavy atom. The smallest absolute Gasteiger partial charge is 0.260 e. The van der Waals surface area contributed by atoms with Gasteiger partial charge in [0.25, 0.3) is 5.91 Å². The molecule has 1 N–H and O–H groups in total. The van der Waals surface area contributed by atoms with Crippen LogP contribution in [0.5, 0.6) is 5.75 Å². The largest absolute Gasteiger partial charge is 0.481 e. The van der Waals surface area contributed by atoms with E-state index in [2.05, 4.69) is 4.98 Å². The summed E-state index contributed by atoms with van der Waals surface area (Å²) in [5.41, 5.74) is -0.279. The number of aliphatic hydroxyl groups is 1. The summed E-state index contributed by atoms with van der Waals surface area (Å²) in [4.78, 5) is 18.5. The van der Waals surface area contributed by atoms with E-state index in [9.17, 15) is 9.90 Å². The van der Waals surface area contributed by atoms with Crippen LogP contribution in [0.4, 0.5) is 0 Å². The molecule has 0 aliphatic carbocycles. The van der Waals surface area contributed by atoms with Crippen molar-refractivity contribution in [2.24, 2.45) is 0 Å². The number of halogens is 1. The quantitative estimate of drug-likeness (QED) is 0.922. The molecule has 5 nitrogen and oxygen atoms in total. The van der Waals surface area contributed by atoms with E-state index < -0.39 is 5.60 Å². The first kappa shape index (κ1) is 17.0. The first-order valence-corrected chi connectivity index (χ1v) is 8.43. The number of rotatable bonds is 4. The number of hydrogen-bond acceptors (Lipinski definition) is 4. The molecule has 1 aromatic heterocycles. The highest BCUT2D eigenvalue weighted by atomic mass is 35.5. The number of nitrogens with zero attached hydrogens (tertiary/aromatic N) is 2. The van der Waals surface area contributed by atoms with E-state index in [1.54, 1.807) is 43.1 Å². The number of benzene rings is 1. The van der Waals surface area contributed by atoms with Crippen LogP contribution in [-0.4, -0.2) is 45.7 Å². The number of carbonyl (C=O) groups is 1. The third-order valence-electron chi connectivity index (χ3n) is 4.42. The molecule has 0 saturated carbocycles. The van der Waals surface area contributed by atoms with Gasteiger partial charge in [-0.05, 0) is 51.0 Å². The van der Waals surface area contributed by atoms with Gasteiger partial charge in [-0.1, -0.05) is 11.6 Å². The predicted octanol–water partition coefficient (Wildman–Crippen LogP) is 3.03. The molecule has 1 amide bonds. The molecule has 0 radical (unpaired) electrons. The summed E-state index contributed by atoms with van der Waals surface area (Å²) in [6, 6.07) is 6.96. The van der Waals surface area contributed by atoms with E-state index >= 15 is 0 Å². The standard InChI is InChI=1S/C18H21ClN2O3/c1-18(2,23)15-6-4-10-21(15)16(22)11-24-14-8-7-13(19)12-5-3-9-20-17(12)14/h3,5,7-9,15,23H,4,6,10-11H2,1-2H3. The van der Waals surface area contributed by atoms with Crippen molar-refractivity contribution in [2.45, 2.75) is 38.3 Å². The fourth-order valence-electron chi connectivity index (χ4n) is 3.25. The van der Waals surface area contributed by atoms with Crippen molar-refractivity contribution in [3.05, 3.63) is 35.5 Å². The van der Waals surface area contributed by atoms with E-state index in [4.69, 9.17) is 16.3 Å². The number of likely N-dealkylation sites (tertiary alicyclic amines) is 1. The summed E-state index contributed by atoms with van der Waals surface area (Å²) >= 11 is 6.17. The molecular formula is C18H21ClN2O3. The van der Waals surface area contributed by atoms with Crippen molar-refractivity contribution in [1.82, 2.24) is 9.88 Å². The van der Waals surface area contributed by atoms with Gasteiger partial charge in [0.2, 0.25) is 0 Å². The molecule has 1 aliphatic rings. The molecule has 2 aromatic rings. The highest BCUT2D eigenvalue weighted by molar-refractivity contribution is 6.35. The zero-order valence-electron chi connectivity index (χ0n) is 13.8. The molecule has 2 heterocycles. The number of hydrogen-bond donors (Lipinski definition) is 1. The minimum atomic E-state index is -0.916. The Balaban J connectivity index is 1.74. The van der Waals surface area contributed by atoms with Crippen LogP contribution in [0, 0.1) is 0 Å². The molecule has 0 bridgehead atoms. The van der Waals surface area contributed by atoms with Gasteiger partial charge in [-0.2, -0.15) is 0 Å². The van der Waals surface area contributed by atoms with Gasteiger partial charge in [-0.3, -0.25) is 9.78 Å². The molecular weight excluding hydrogens is 328 g/mol. The first-order chi connectivity index (χ1) is 11.4. The molecule has 1 saturated heterocycles. The Morgan fingerprint density at radius 2 is 2.25 bits per heavy atom. The van der Waals surface area contributed by atoms with E-state index in [-0.39, 0.29) is 18.6 Å². The summed E-state index contributed by atoms with van der Waals surface area (Å²) < 4.78 is 5.72. The first-order valence-electron chi connectivity index (χ1n) is 8.06. The van der Waals surface area contributed by atoms with Gasteiger partial charge < -0.3 is 14.7 Å². The molecule has 1 fully saturated rings. The maximum absolute atomic E-state index is 12.5. The summed E-state index contributed by atoms with van der Waals surface area (Å²) in [6.45, 7) is 4.04. The topological polar surface area (TPSA) is 62.7 Å². The number of fused-ring (bicyclic) bond motifs is 1. The van der Waals surface area contributed by atoms with Gasteiger partial charge in [0, 0.05) is 18.1 Å². The summed E-state index contributed by atoms with van der Waals surface area (Å²) in [5.74, 6) is 0.404. The lowest BCUT2D eigenvalue weighted by atomic mass is 9.97. The van der Waals surface area contributed by atoms with Crippen molar-refractivity contribution in [3.8, 4) is 5.75 Å². The number of pyridine rings is 1. The van der Waals surface area contributed by atoms with Gasteiger partial charge in [-0.25, -0.2) is 0 Å². The third kappa shape index (κ3) is 3.32. The fourth-order valence-corrected chi connectivity index (χ4v) is 3.47. The summed E-state index contributed by atoms with van der Waals surface area (Å²) in [6.07, 6.45) is 3.37. The SMILES string of the molecule is CC(C)(O)C1CCCN1C(=O)COc1ccc(Cl)c2cccnc12. The van der Waals surface area contributed by atoms with Crippen molar-refractivity contribution >= 4 is 28.4 Å². The lowest BCUT2D eigenvalue weighted by Gasteiger charge is -2.33. The van der Waals surface area contributed by atoms with Crippen LogP contribution < -0.4 is 4.74 Å². The monoisotopic (exact) mass is 348 g/mol. The molecule has 1 aliphatic heterocycles. The van der Waals surface area contributed by atoms with Crippen molar-refractivity contribution < 1.29 is 14.6 Å². The Bertz CT molecular complexity index is 758. The van der Waals surface area contributed by atoms with E-state index in [1.165, 1.54) is 0 Å². The second kappa shape index (κ2) is 6.57. The summed E-state index contributed by atoms with van der Waals surface area (Å²) in [7, 11) is 0. The van der Waals surface area contributed by atoms with Gasteiger partial charge in [0.15, 0.2) is 6.61 Å². The van der Waals surface area contributed by atoms with Crippen molar-refractivity contribution in [2.75, 3.05) is 13.2 Å². The molecule has 1 aromatic carbocycles. The fraction of sp³-hybridized carbons (Fsp3) is 0.444. The normalized spacial score (nSPS) is 18.2. The molecule has 1 unspecified atom stereocenters. The highest BCUT2D eigenvalue weighted by Crippen LogP contribution is 2.30. The Hall–Kier alpha value is -1.85. The molecule has 24 heavy (non-hydrogen) atoms. The average molecular weight is 349 g/mol. The Kier molecular flexibility index (Phi) is 4.65.